The lowest BCUT2D eigenvalue weighted by Crippen LogP contribution is -2.24. The number of amides is 1. The van der Waals surface area contributed by atoms with Gasteiger partial charge in [-0.3, -0.25) is 4.79 Å². The van der Waals surface area contributed by atoms with Crippen molar-refractivity contribution >= 4 is 23.4 Å². The van der Waals surface area contributed by atoms with E-state index in [2.05, 4.69) is 35.4 Å². The van der Waals surface area contributed by atoms with Gasteiger partial charge in [0.1, 0.15) is 12.4 Å². The van der Waals surface area contributed by atoms with E-state index >= 15 is 0 Å². The SMILES string of the molecule is Cc1cc(C)cc(OCc2nnc(SC(C)C(=O)Nc3ccccc3C(C)C)n2N)c1. The van der Waals surface area contributed by atoms with Crippen molar-refractivity contribution < 1.29 is 9.53 Å². The number of rotatable bonds is 8. The van der Waals surface area contributed by atoms with Crippen molar-refractivity contribution in [1.29, 1.82) is 0 Å². The molecule has 1 aromatic heterocycles. The Bertz CT molecular complexity index is 1040. The van der Waals surface area contributed by atoms with Crippen LogP contribution in [0.2, 0.25) is 0 Å². The topological polar surface area (TPSA) is 95.1 Å². The summed E-state index contributed by atoms with van der Waals surface area (Å²) in [6, 6.07) is 13.8. The number of carbonyl (C=O) groups excluding carboxylic acids is 1. The van der Waals surface area contributed by atoms with Crippen molar-refractivity contribution in [2.75, 3.05) is 11.2 Å². The number of ether oxygens (including phenoxy) is 1. The van der Waals surface area contributed by atoms with E-state index < -0.39 is 5.25 Å². The third-order valence-electron chi connectivity index (χ3n) is 4.79. The molecule has 8 heteroatoms. The third kappa shape index (κ3) is 5.79. The summed E-state index contributed by atoms with van der Waals surface area (Å²) in [4.78, 5) is 12.7. The largest absolute Gasteiger partial charge is 0.486 e. The predicted octanol–water partition coefficient (Wildman–Crippen LogP) is 4.43. The average Bonchev–Trinajstić information content (AvgIpc) is 3.05. The monoisotopic (exact) mass is 439 g/mol. The minimum absolute atomic E-state index is 0.117. The summed E-state index contributed by atoms with van der Waals surface area (Å²) in [7, 11) is 0. The van der Waals surface area contributed by atoms with Gasteiger partial charge < -0.3 is 15.9 Å². The van der Waals surface area contributed by atoms with Gasteiger partial charge in [0.15, 0.2) is 5.82 Å². The van der Waals surface area contributed by atoms with Gasteiger partial charge in [0, 0.05) is 5.69 Å². The lowest BCUT2D eigenvalue weighted by Gasteiger charge is -2.16. The molecule has 0 aliphatic heterocycles. The number of aromatic nitrogens is 3. The Balaban J connectivity index is 1.62. The first-order valence-electron chi connectivity index (χ1n) is 10.2. The van der Waals surface area contributed by atoms with Crippen LogP contribution in [0.25, 0.3) is 0 Å². The van der Waals surface area contributed by atoms with Crippen LogP contribution in [-0.4, -0.2) is 26.0 Å². The molecule has 0 radical (unpaired) electrons. The third-order valence-corrected chi connectivity index (χ3v) is 5.85. The highest BCUT2D eigenvalue weighted by atomic mass is 32.2. The van der Waals surface area contributed by atoms with E-state index in [-0.39, 0.29) is 12.5 Å². The Morgan fingerprint density at radius 3 is 2.48 bits per heavy atom. The molecule has 3 rings (SSSR count). The maximum atomic E-state index is 12.7. The fourth-order valence-corrected chi connectivity index (χ4v) is 4.00. The van der Waals surface area contributed by atoms with Crippen LogP contribution >= 0.6 is 11.8 Å². The number of anilines is 1. The van der Waals surface area contributed by atoms with Gasteiger partial charge in [0.2, 0.25) is 11.1 Å². The minimum Gasteiger partial charge on any atom is -0.486 e. The second-order valence-corrected chi connectivity index (χ2v) is 9.18. The molecule has 0 fully saturated rings. The number of nitrogen functional groups attached to an aromatic ring is 1. The molecule has 164 valence electrons. The van der Waals surface area contributed by atoms with Crippen LogP contribution in [0.15, 0.2) is 47.6 Å². The number of hydrogen-bond donors (Lipinski definition) is 2. The molecule has 1 unspecified atom stereocenters. The number of hydrogen-bond acceptors (Lipinski definition) is 6. The van der Waals surface area contributed by atoms with Gasteiger partial charge >= 0.3 is 0 Å². The summed E-state index contributed by atoms with van der Waals surface area (Å²) >= 11 is 1.26. The van der Waals surface area contributed by atoms with Gasteiger partial charge in [-0.2, -0.15) is 0 Å². The zero-order valence-corrected chi connectivity index (χ0v) is 19.4. The number of aryl methyl sites for hydroxylation is 2. The molecule has 0 aliphatic carbocycles. The van der Waals surface area contributed by atoms with Crippen LogP contribution in [0, 0.1) is 13.8 Å². The predicted molar refractivity (Wildman–Crippen MR) is 125 cm³/mol. The number of nitrogens with zero attached hydrogens (tertiary/aromatic N) is 3. The second kappa shape index (κ2) is 9.87. The van der Waals surface area contributed by atoms with Crippen molar-refractivity contribution in [1.82, 2.24) is 14.9 Å². The molecule has 31 heavy (non-hydrogen) atoms. The van der Waals surface area contributed by atoms with Gasteiger partial charge in [-0.1, -0.05) is 49.9 Å². The molecule has 0 spiro atoms. The molecule has 1 heterocycles. The van der Waals surface area contributed by atoms with Crippen molar-refractivity contribution in [3.8, 4) is 5.75 Å². The highest BCUT2D eigenvalue weighted by Crippen LogP contribution is 2.26. The fourth-order valence-electron chi connectivity index (χ4n) is 3.21. The number of nitrogens with one attached hydrogen (secondary N) is 1. The Kier molecular flexibility index (Phi) is 7.22. The van der Waals surface area contributed by atoms with Gasteiger partial charge in [0.25, 0.3) is 0 Å². The van der Waals surface area contributed by atoms with Crippen molar-refractivity contribution in [3.63, 3.8) is 0 Å². The maximum absolute atomic E-state index is 12.7. The highest BCUT2D eigenvalue weighted by molar-refractivity contribution is 8.00. The summed E-state index contributed by atoms with van der Waals surface area (Å²) in [5, 5.41) is 11.3. The van der Waals surface area contributed by atoms with E-state index in [9.17, 15) is 4.79 Å². The summed E-state index contributed by atoms with van der Waals surface area (Å²) in [5.41, 5.74) is 4.17. The molecule has 0 saturated heterocycles. The van der Waals surface area contributed by atoms with Crippen molar-refractivity contribution in [2.45, 2.75) is 57.5 Å². The smallest absolute Gasteiger partial charge is 0.237 e. The molecule has 0 bridgehead atoms. The van der Waals surface area contributed by atoms with E-state index in [1.54, 1.807) is 0 Å². The molecular weight excluding hydrogens is 410 g/mol. The van der Waals surface area contributed by atoms with Gasteiger partial charge in [0.05, 0.1) is 5.25 Å². The number of thioether (sulfide) groups is 1. The Hall–Kier alpha value is -3.00. The van der Waals surface area contributed by atoms with Gasteiger partial charge in [-0.05, 0) is 61.6 Å². The normalized spacial score (nSPS) is 12.1. The molecule has 0 saturated carbocycles. The Morgan fingerprint density at radius 1 is 1.13 bits per heavy atom. The Morgan fingerprint density at radius 2 is 1.81 bits per heavy atom. The molecule has 1 amide bonds. The first-order valence-corrected chi connectivity index (χ1v) is 11.1. The van der Waals surface area contributed by atoms with Crippen LogP contribution in [0.3, 0.4) is 0 Å². The van der Waals surface area contributed by atoms with E-state index in [1.807, 2.05) is 57.2 Å². The van der Waals surface area contributed by atoms with E-state index in [4.69, 9.17) is 10.6 Å². The maximum Gasteiger partial charge on any atom is 0.237 e. The molecule has 0 aliphatic rings. The van der Waals surface area contributed by atoms with Crippen LogP contribution in [0.1, 0.15) is 49.2 Å². The summed E-state index contributed by atoms with van der Waals surface area (Å²) in [5.74, 6) is 7.59. The zero-order chi connectivity index (χ0) is 22.5. The lowest BCUT2D eigenvalue weighted by molar-refractivity contribution is -0.115. The molecule has 7 nitrogen and oxygen atoms in total. The van der Waals surface area contributed by atoms with Gasteiger partial charge in [-0.25, -0.2) is 4.68 Å². The number of benzene rings is 2. The quantitative estimate of drug-likeness (QED) is 0.398. The highest BCUT2D eigenvalue weighted by Gasteiger charge is 2.21. The van der Waals surface area contributed by atoms with Crippen molar-refractivity contribution in [2.24, 2.45) is 0 Å². The van der Waals surface area contributed by atoms with E-state index in [0.717, 1.165) is 28.1 Å². The van der Waals surface area contributed by atoms with E-state index in [1.165, 1.54) is 16.4 Å². The second-order valence-electron chi connectivity index (χ2n) is 7.87. The fraction of sp³-hybridized carbons (Fsp3) is 0.348. The molecular formula is C23H29N5O2S. The van der Waals surface area contributed by atoms with Crippen molar-refractivity contribution in [3.05, 3.63) is 65.0 Å². The first kappa shape index (κ1) is 22.7. The first-order chi connectivity index (χ1) is 14.7. The summed E-state index contributed by atoms with van der Waals surface area (Å²) in [6.45, 7) is 10.2. The molecule has 1 atom stereocenters. The van der Waals surface area contributed by atoms with E-state index in [0.29, 0.717) is 16.9 Å². The number of carbonyl (C=O) groups is 1. The van der Waals surface area contributed by atoms with Crippen LogP contribution < -0.4 is 15.9 Å². The standard InChI is InChI=1S/C23H29N5O2S/c1-14(2)19-8-6-7-9-20(19)25-22(29)17(5)31-23-27-26-21(28(23)24)13-30-18-11-15(3)10-16(4)12-18/h6-12,14,17H,13,24H2,1-5H3,(H,25,29). The van der Waals surface area contributed by atoms with Crippen LogP contribution in [0.5, 0.6) is 5.75 Å². The zero-order valence-electron chi connectivity index (χ0n) is 18.5. The molecule has 3 aromatic rings. The molecule has 3 N–H and O–H groups in total. The average molecular weight is 440 g/mol. The summed E-state index contributed by atoms with van der Waals surface area (Å²) < 4.78 is 7.20. The van der Waals surface area contributed by atoms with Gasteiger partial charge in [-0.15, -0.1) is 10.2 Å². The summed E-state index contributed by atoms with van der Waals surface area (Å²) in [6.07, 6.45) is 0. The number of nitrogens with two attached hydrogens (primary N) is 1. The minimum atomic E-state index is -0.403. The van der Waals surface area contributed by atoms with Crippen LogP contribution in [-0.2, 0) is 11.4 Å². The van der Waals surface area contributed by atoms with Crippen LogP contribution in [0.4, 0.5) is 5.69 Å². The number of para-hydroxylation sites is 1. The molecule has 2 aromatic carbocycles. The Labute approximate surface area is 187 Å². The lowest BCUT2D eigenvalue weighted by atomic mass is 10.0.